The molecule has 0 saturated carbocycles. The van der Waals surface area contributed by atoms with Gasteiger partial charge in [-0.1, -0.05) is 28.1 Å². The lowest BCUT2D eigenvalue weighted by Gasteiger charge is -2.07. The molecule has 0 aliphatic carbocycles. The Bertz CT molecular complexity index is 480. The molecule has 0 unspecified atom stereocenters. The Labute approximate surface area is 116 Å². The number of aromatic amines is 1. The van der Waals surface area contributed by atoms with Crippen LogP contribution >= 0.6 is 15.9 Å². The molecule has 0 aliphatic heterocycles. The van der Waals surface area contributed by atoms with E-state index in [1.54, 1.807) is 6.20 Å². The summed E-state index contributed by atoms with van der Waals surface area (Å²) in [6, 6.07) is 6.46. The molecule has 2 rings (SSSR count). The lowest BCUT2D eigenvalue weighted by molar-refractivity contribution is 0.640. The number of benzene rings is 1. The van der Waals surface area contributed by atoms with Gasteiger partial charge in [0.2, 0.25) is 0 Å². The number of aromatic nitrogens is 2. The Morgan fingerprint density at radius 3 is 3.00 bits per heavy atom. The Morgan fingerprint density at radius 1 is 1.39 bits per heavy atom. The summed E-state index contributed by atoms with van der Waals surface area (Å²) in [5, 5.41) is 3.45. The lowest BCUT2D eigenvalue weighted by atomic mass is 10.1. The van der Waals surface area contributed by atoms with Crippen molar-refractivity contribution in [3.05, 3.63) is 52.0 Å². The summed E-state index contributed by atoms with van der Waals surface area (Å²) < 4.78 is 1.18. The molecular formula is C14H18BrN3. The second kappa shape index (κ2) is 6.71. The molecule has 0 fully saturated rings. The van der Waals surface area contributed by atoms with Crippen LogP contribution in [0.3, 0.4) is 0 Å². The van der Waals surface area contributed by atoms with Crippen LogP contribution in [0.25, 0.3) is 0 Å². The van der Waals surface area contributed by atoms with E-state index in [1.807, 2.05) is 6.20 Å². The Balaban J connectivity index is 1.69. The van der Waals surface area contributed by atoms with Crippen molar-refractivity contribution in [1.29, 1.82) is 0 Å². The first-order valence-corrected chi connectivity index (χ1v) is 6.99. The predicted molar refractivity (Wildman–Crippen MR) is 77.5 cm³/mol. The van der Waals surface area contributed by atoms with E-state index in [-0.39, 0.29) is 0 Å². The molecule has 4 heteroatoms. The summed E-state index contributed by atoms with van der Waals surface area (Å²) in [4.78, 5) is 7.32. The molecule has 1 heterocycles. The quantitative estimate of drug-likeness (QED) is 0.805. The highest BCUT2D eigenvalue weighted by Gasteiger charge is 2.00. The Hall–Kier alpha value is -1.13. The molecular weight excluding hydrogens is 290 g/mol. The van der Waals surface area contributed by atoms with Crippen molar-refractivity contribution in [3.8, 4) is 0 Å². The van der Waals surface area contributed by atoms with E-state index >= 15 is 0 Å². The fraction of sp³-hybridized carbons (Fsp3) is 0.357. The van der Waals surface area contributed by atoms with Crippen molar-refractivity contribution >= 4 is 15.9 Å². The van der Waals surface area contributed by atoms with E-state index in [1.165, 1.54) is 15.6 Å². The summed E-state index contributed by atoms with van der Waals surface area (Å²) in [6.07, 6.45) is 5.75. The fourth-order valence-corrected chi connectivity index (χ4v) is 2.47. The van der Waals surface area contributed by atoms with Gasteiger partial charge in [-0.15, -0.1) is 0 Å². The number of aryl methyl sites for hydroxylation is 2. The van der Waals surface area contributed by atoms with Gasteiger partial charge in [0.25, 0.3) is 0 Å². The van der Waals surface area contributed by atoms with Crippen molar-refractivity contribution < 1.29 is 0 Å². The number of rotatable bonds is 6. The van der Waals surface area contributed by atoms with E-state index in [9.17, 15) is 0 Å². The van der Waals surface area contributed by atoms with Crippen molar-refractivity contribution in [2.45, 2.75) is 26.3 Å². The van der Waals surface area contributed by atoms with Gasteiger partial charge < -0.3 is 10.3 Å². The first-order valence-electron chi connectivity index (χ1n) is 6.20. The molecule has 0 bridgehead atoms. The molecule has 0 aliphatic rings. The summed E-state index contributed by atoms with van der Waals surface area (Å²) in [7, 11) is 0. The number of nitrogens with one attached hydrogen (secondary N) is 2. The lowest BCUT2D eigenvalue weighted by Crippen LogP contribution is -2.15. The van der Waals surface area contributed by atoms with Gasteiger partial charge in [-0.3, -0.25) is 0 Å². The number of hydrogen-bond donors (Lipinski definition) is 2. The van der Waals surface area contributed by atoms with Gasteiger partial charge in [0, 0.05) is 29.8 Å². The van der Waals surface area contributed by atoms with Crippen LogP contribution in [0.15, 0.2) is 35.1 Å². The molecule has 0 amide bonds. The minimum absolute atomic E-state index is 0.902. The average molecular weight is 308 g/mol. The molecule has 1 aromatic carbocycles. The molecule has 3 nitrogen and oxygen atoms in total. The Kier molecular flexibility index (Phi) is 4.96. The third kappa shape index (κ3) is 3.96. The highest BCUT2D eigenvalue weighted by Crippen LogP contribution is 2.17. The SMILES string of the molecule is Cc1ccc(CNCCCc2ncc[nH]2)c(Br)c1. The molecule has 0 radical (unpaired) electrons. The number of H-pyrrole nitrogens is 1. The highest BCUT2D eigenvalue weighted by molar-refractivity contribution is 9.10. The van der Waals surface area contributed by atoms with Crippen LogP contribution in [-0.2, 0) is 13.0 Å². The number of imidazole rings is 1. The fourth-order valence-electron chi connectivity index (χ4n) is 1.83. The van der Waals surface area contributed by atoms with Crippen LogP contribution in [0.4, 0.5) is 0 Å². The molecule has 0 spiro atoms. The average Bonchev–Trinajstić information content (AvgIpc) is 2.84. The van der Waals surface area contributed by atoms with E-state index in [0.717, 1.165) is 31.8 Å². The topological polar surface area (TPSA) is 40.7 Å². The zero-order chi connectivity index (χ0) is 12.8. The first kappa shape index (κ1) is 13.3. The minimum Gasteiger partial charge on any atom is -0.349 e. The van der Waals surface area contributed by atoms with Crippen molar-refractivity contribution in [1.82, 2.24) is 15.3 Å². The third-order valence-electron chi connectivity index (χ3n) is 2.85. The van der Waals surface area contributed by atoms with Gasteiger partial charge >= 0.3 is 0 Å². The summed E-state index contributed by atoms with van der Waals surface area (Å²) in [6.45, 7) is 4.01. The second-order valence-electron chi connectivity index (χ2n) is 4.41. The van der Waals surface area contributed by atoms with Gasteiger partial charge in [-0.2, -0.15) is 0 Å². The van der Waals surface area contributed by atoms with E-state index in [2.05, 4.69) is 56.3 Å². The van der Waals surface area contributed by atoms with E-state index in [0.29, 0.717) is 0 Å². The number of nitrogens with zero attached hydrogens (tertiary/aromatic N) is 1. The normalized spacial score (nSPS) is 10.8. The van der Waals surface area contributed by atoms with Crippen molar-refractivity contribution in [2.75, 3.05) is 6.54 Å². The van der Waals surface area contributed by atoms with Crippen molar-refractivity contribution in [2.24, 2.45) is 0 Å². The van der Waals surface area contributed by atoms with Crippen LogP contribution in [0.5, 0.6) is 0 Å². The molecule has 18 heavy (non-hydrogen) atoms. The van der Waals surface area contributed by atoms with Gasteiger partial charge in [-0.05, 0) is 37.1 Å². The summed E-state index contributed by atoms with van der Waals surface area (Å²) in [5.41, 5.74) is 2.59. The highest BCUT2D eigenvalue weighted by atomic mass is 79.9. The second-order valence-corrected chi connectivity index (χ2v) is 5.27. The monoisotopic (exact) mass is 307 g/mol. The molecule has 0 saturated heterocycles. The van der Waals surface area contributed by atoms with Crippen molar-refractivity contribution in [3.63, 3.8) is 0 Å². The van der Waals surface area contributed by atoms with Crippen LogP contribution in [-0.4, -0.2) is 16.5 Å². The first-order chi connectivity index (χ1) is 8.75. The standard InChI is InChI=1S/C14H18BrN3/c1-11-4-5-12(13(15)9-11)10-16-6-2-3-14-17-7-8-18-14/h4-5,7-9,16H,2-3,6,10H2,1H3,(H,17,18). The maximum atomic E-state index is 4.21. The molecule has 1 aromatic heterocycles. The van der Waals surface area contributed by atoms with Crippen LogP contribution < -0.4 is 5.32 Å². The van der Waals surface area contributed by atoms with Crippen LogP contribution in [0.1, 0.15) is 23.4 Å². The molecule has 96 valence electrons. The zero-order valence-corrected chi connectivity index (χ0v) is 12.1. The maximum Gasteiger partial charge on any atom is 0.106 e. The summed E-state index contributed by atoms with van der Waals surface area (Å²) >= 11 is 3.59. The van der Waals surface area contributed by atoms with Crippen LogP contribution in [0, 0.1) is 6.92 Å². The number of halogens is 1. The Morgan fingerprint density at radius 2 is 2.28 bits per heavy atom. The largest absolute Gasteiger partial charge is 0.349 e. The smallest absolute Gasteiger partial charge is 0.106 e. The maximum absolute atomic E-state index is 4.21. The molecule has 2 N–H and O–H groups in total. The van der Waals surface area contributed by atoms with Crippen LogP contribution in [0.2, 0.25) is 0 Å². The third-order valence-corrected chi connectivity index (χ3v) is 3.58. The summed E-state index contributed by atoms with van der Waals surface area (Å²) in [5.74, 6) is 1.06. The predicted octanol–water partition coefficient (Wildman–Crippen LogP) is 3.20. The molecule has 2 aromatic rings. The molecule has 0 atom stereocenters. The van der Waals surface area contributed by atoms with Gasteiger partial charge in [0.05, 0.1) is 0 Å². The minimum atomic E-state index is 0.902. The van der Waals surface area contributed by atoms with Gasteiger partial charge in [0.15, 0.2) is 0 Å². The van der Waals surface area contributed by atoms with E-state index in [4.69, 9.17) is 0 Å². The number of hydrogen-bond acceptors (Lipinski definition) is 2. The van der Waals surface area contributed by atoms with E-state index < -0.39 is 0 Å². The zero-order valence-electron chi connectivity index (χ0n) is 10.5. The van der Waals surface area contributed by atoms with Gasteiger partial charge in [-0.25, -0.2) is 4.98 Å². The van der Waals surface area contributed by atoms with Gasteiger partial charge in [0.1, 0.15) is 5.82 Å².